The minimum atomic E-state index is 0.0636. The lowest BCUT2D eigenvalue weighted by Crippen LogP contribution is -2.11. The van der Waals surface area contributed by atoms with Crippen LogP contribution in [-0.2, 0) is 0 Å². The summed E-state index contributed by atoms with van der Waals surface area (Å²) >= 11 is 0. The molecular formula is C23H20N4O2. The molecule has 6 heteroatoms. The Balaban J connectivity index is 1.52. The molecule has 144 valence electrons. The molecule has 0 aliphatic heterocycles. The van der Waals surface area contributed by atoms with Crippen LogP contribution in [0, 0.1) is 0 Å². The minimum Gasteiger partial charge on any atom is -0.439 e. The monoisotopic (exact) mass is 384 g/mol. The number of rotatable bonds is 6. The van der Waals surface area contributed by atoms with E-state index in [1.807, 2.05) is 67.4 Å². The molecule has 0 radical (unpaired) electrons. The van der Waals surface area contributed by atoms with Crippen molar-refractivity contribution in [1.29, 1.82) is 0 Å². The molecule has 0 fully saturated rings. The molecule has 0 unspecified atom stereocenters. The maximum Gasteiger partial charge on any atom is 0.219 e. The average molecular weight is 384 g/mol. The zero-order chi connectivity index (χ0) is 20.2. The predicted molar refractivity (Wildman–Crippen MR) is 113 cm³/mol. The van der Waals surface area contributed by atoms with Gasteiger partial charge in [0, 0.05) is 42.4 Å². The number of hydrogen-bond donors (Lipinski definition) is 0. The lowest BCUT2D eigenvalue weighted by Gasteiger charge is -2.20. The van der Waals surface area contributed by atoms with Crippen molar-refractivity contribution < 1.29 is 9.53 Å². The molecule has 2 aromatic carbocycles. The van der Waals surface area contributed by atoms with Crippen molar-refractivity contribution >= 4 is 28.2 Å². The van der Waals surface area contributed by atoms with Crippen molar-refractivity contribution in [2.45, 2.75) is 13.3 Å². The van der Waals surface area contributed by atoms with Crippen LogP contribution in [0.25, 0.3) is 10.9 Å². The SMILES string of the molecule is CCC(=O)c1ccc(Oc2ccc(N(C)c3ncnc4ccccc34)cc2)nc1. The molecule has 0 amide bonds. The second-order valence-electron chi connectivity index (χ2n) is 6.53. The number of nitrogens with zero attached hydrogens (tertiary/aromatic N) is 4. The van der Waals surface area contributed by atoms with Crippen LogP contribution >= 0.6 is 0 Å². The molecule has 0 atom stereocenters. The van der Waals surface area contributed by atoms with E-state index in [0.29, 0.717) is 23.6 Å². The van der Waals surface area contributed by atoms with Crippen LogP contribution in [0.4, 0.5) is 11.5 Å². The van der Waals surface area contributed by atoms with E-state index in [1.165, 1.54) is 0 Å². The normalized spacial score (nSPS) is 10.7. The molecule has 0 spiro atoms. The molecule has 0 aliphatic rings. The summed E-state index contributed by atoms with van der Waals surface area (Å²) in [5.74, 6) is 2.01. The maximum absolute atomic E-state index is 11.7. The summed E-state index contributed by atoms with van der Waals surface area (Å²) in [7, 11) is 1.97. The van der Waals surface area contributed by atoms with Gasteiger partial charge in [0.2, 0.25) is 5.88 Å². The fourth-order valence-electron chi connectivity index (χ4n) is 3.05. The number of para-hydroxylation sites is 1. The van der Waals surface area contributed by atoms with Crippen molar-refractivity contribution in [2.24, 2.45) is 0 Å². The zero-order valence-corrected chi connectivity index (χ0v) is 16.2. The molecule has 4 rings (SSSR count). The number of anilines is 2. The number of carbonyl (C=O) groups is 1. The summed E-state index contributed by atoms with van der Waals surface area (Å²) in [4.78, 5) is 26.7. The van der Waals surface area contributed by atoms with Gasteiger partial charge < -0.3 is 9.64 Å². The van der Waals surface area contributed by atoms with Gasteiger partial charge in [0.05, 0.1) is 5.52 Å². The molecule has 0 N–H and O–H groups in total. The van der Waals surface area contributed by atoms with Gasteiger partial charge in [-0.1, -0.05) is 19.1 Å². The largest absolute Gasteiger partial charge is 0.439 e. The Morgan fingerprint density at radius 1 is 0.966 bits per heavy atom. The second-order valence-corrected chi connectivity index (χ2v) is 6.53. The van der Waals surface area contributed by atoms with Crippen molar-refractivity contribution in [3.8, 4) is 11.6 Å². The highest BCUT2D eigenvalue weighted by atomic mass is 16.5. The van der Waals surface area contributed by atoms with E-state index in [4.69, 9.17) is 4.74 Å². The van der Waals surface area contributed by atoms with Crippen molar-refractivity contribution in [3.05, 3.63) is 78.8 Å². The summed E-state index contributed by atoms with van der Waals surface area (Å²) in [6, 6.07) is 19.0. The van der Waals surface area contributed by atoms with Gasteiger partial charge in [-0.3, -0.25) is 4.79 Å². The summed E-state index contributed by atoms with van der Waals surface area (Å²) in [5, 5.41) is 0.990. The van der Waals surface area contributed by atoms with Gasteiger partial charge in [-0.05, 0) is 42.5 Å². The number of hydrogen-bond acceptors (Lipinski definition) is 6. The maximum atomic E-state index is 11.7. The lowest BCUT2D eigenvalue weighted by atomic mass is 10.1. The van der Waals surface area contributed by atoms with Gasteiger partial charge in [-0.25, -0.2) is 15.0 Å². The van der Waals surface area contributed by atoms with Crippen LogP contribution in [-0.4, -0.2) is 27.8 Å². The highest BCUT2D eigenvalue weighted by molar-refractivity contribution is 5.95. The highest BCUT2D eigenvalue weighted by Crippen LogP contribution is 2.30. The Hall–Kier alpha value is -3.80. The number of aromatic nitrogens is 3. The quantitative estimate of drug-likeness (QED) is 0.427. The number of ketones is 1. The van der Waals surface area contributed by atoms with E-state index in [2.05, 4.69) is 15.0 Å². The molecule has 0 saturated heterocycles. The smallest absolute Gasteiger partial charge is 0.219 e. The number of benzene rings is 2. The van der Waals surface area contributed by atoms with Gasteiger partial charge >= 0.3 is 0 Å². The predicted octanol–water partition coefficient (Wildman–Crippen LogP) is 5.18. The molecule has 2 heterocycles. The average Bonchev–Trinajstić information content (AvgIpc) is 2.78. The van der Waals surface area contributed by atoms with Gasteiger partial charge in [-0.2, -0.15) is 0 Å². The highest BCUT2D eigenvalue weighted by Gasteiger charge is 2.11. The van der Waals surface area contributed by atoms with Crippen LogP contribution in [0.15, 0.2) is 73.2 Å². The Morgan fingerprint density at radius 3 is 2.48 bits per heavy atom. The van der Waals surface area contributed by atoms with E-state index in [1.54, 1.807) is 24.7 Å². The van der Waals surface area contributed by atoms with E-state index >= 15 is 0 Å². The molecule has 0 bridgehead atoms. The molecule has 29 heavy (non-hydrogen) atoms. The third-order valence-corrected chi connectivity index (χ3v) is 4.67. The van der Waals surface area contributed by atoms with E-state index in [9.17, 15) is 4.79 Å². The first kappa shape index (κ1) is 18.6. The summed E-state index contributed by atoms with van der Waals surface area (Å²) < 4.78 is 5.79. The molecule has 6 nitrogen and oxygen atoms in total. The number of fused-ring (bicyclic) bond motifs is 1. The van der Waals surface area contributed by atoms with Crippen LogP contribution in [0.2, 0.25) is 0 Å². The Labute approximate surface area is 168 Å². The zero-order valence-electron chi connectivity index (χ0n) is 16.2. The minimum absolute atomic E-state index is 0.0636. The van der Waals surface area contributed by atoms with Crippen molar-refractivity contribution in [1.82, 2.24) is 15.0 Å². The van der Waals surface area contributed by atoms with Crippen LogP contribution in [0.5, 0.6) is 11.6 Å². The number of ether oxygens (including phenoxy) is 1. The van der Waals surface area contributed by atoms with E-state index < -0.39 is 0 Å². The Kier molecular flexibility index (Phi) is 5.16. The fourth-order valence-corrected chi connectivity index (χ4v) is 3.05. The standard InChI is InChI=1S/C23H20N4O2/c1-3-21(28)16-8-13-22(24-14-16)29-18-11-9-17(10-12-18)27(2)23-19-6-4-5-7-20(19)25-15-26-23/h4-15H,3H2,1-2H3. The van der Waals surface area contributed by atoms with Gasteiger partial charge in [0.15, 0.2) is 5.78 Å². The Morgan fingerprint density at radius 2 is 1.76 bits per heavy atom. The number of Topliss-reactive ketones (excluding diaryl/α,β-unsaturated/α-hetero) is 1. The third-order valence-electron chi connectivity index (χ3n) is 4.67. The van der Waals surface area contributed by atoms with E-state index in [-0.39, 0.29) is 5.78 Å². The summed E-state index contributed by atoms with van der Waals surface area (Å²) in [6.07, 6.45) is 3.58. The molecule has 4 aromatic rings. The first-order chi connectivity index (χ1) is 14.2. The number of carbonyl (C=O) groups excluding carboxylic acids is 1. The van der Waals surface area contributed by atoms with Crippen molar-refractivity contribution in [2.75, 3.05) is 11.9 Å². The van der Waals surface area contributed by atoms with Crippen LogP contribution in [0.3, 0.4) is 0 Å². The van der Waals surface area contributed by atoms with Crippen LogP contribution < -0.4 is 9.64 Å². The molecular weight excluding hydrogens is 364 g/mol. The van der Waals surface area contributed by atoms with Gasteiger partial charge in [0.1, 0.15) is 17.9 Å². The molecule has 0 aliphatic carbocycles. The summed E-state index contributed by atoms with van der Waals surface area (Å²) in [5.41, 5.74) is 2.47. The first-order valence-electron chi connectivity index (χ1n) is 9.36. The Bertz CT molecular complexity index is 1140. The van der Waals surface area contributed by atoms with E-state index in [0.717, 1.165) is 22.4 Å². The van der Waals surface area contributed by atoms with Crippen LogP contribution in [0.1, 0.15) is 23.7 Å². The number of pyridine rings is 1. The fraction of sp³-hybridized carbons (Fsp3) is 0.130. The topological polar surface area (TPSA) is 68.2 Å². The first-order valence-corrected chi connectivity index (χ1v) is 9.36. The van der Waals surface area contributed by atoms with Crippen molar-refractivity contribution in [3.63, 3.8) is 0 Å². The molecule has 2 aromatic heterocycles. The summed E-state index contributed by atoms with van der Waals surface area (Å²) in [6.45, 7) is 1.83. The second kappa shape index (κ2) is 8.06. The third kappa shape index (κ3) is 3.91. The van der Waals surface area contributed by atoms with Gasteiger partial charge in [0.25, 0.3) is 0 Å². The molecule has 0 saturated carbocycles. The lowest BCUT2D eigenvalue weighted by molar-refractivity contribution is 0.0988. The van der Waals surface area contributed by atoms with Gasteiger partial charge in [-0.15, -0.1) is 0 Å².